The van der Waals surface area contributed by atoms with Gasteiger partial charge in [-0.3, -0.25) is 4.79 Å². The predicted molar refractivity (Wildman–Crippen MR) is 77.0 cm³/mol. The van der Waals surface area contributed by atoms with Crippen molar-refractivity contribution in [1.82, 2.24) is 4.90 Å². The molecule has 0 N–H and O–H groups in total. The molecular formula is C15H15BrFNO3. The number of carbonyl (C=O) groups excluding carboxylic acids is 2. The molecule has 0 spiro atoms. The highest BCUT2D eigenvalue weighted by molar-refractivity contribution is 9.10. The van der Waals surface area contributed by atoms with Gasteiger partial charge in [0.1, 0.15) is 11.9 Å². The van der Waals surface area contributed by atoms with E-state index in [-0.39, 0.29) is 17.8 Å². The van der Waals surface area contributed by atoms with Gasteiger partial charge in [-0.1, -0.05) is 15.9 Å². The zero-order valence-corrected chi connectivity index (χ0v) is 13.2. The van der Waals surface area contributed by atoms with E-state index in [1.165, 1.54) is 19.2 Å². The lowest BCUT2D eigenvalue weighted by molar-refractivity contribution is -0.150. The van der Waals surface area contributed by atoms with Gasteiger partial charge in [-0.2, -0.15) is 0 Å². The summed E-state index contributed by atoms with van der Waals surface area (Å²) < 4.78 is 19.2. The summed E-state index contributed by atoms with van der Waals surface area (Å²) in [5.41, 5.74) is 1.82. The average molecular weight is 356 g/mol. The lowest BCUT2D eigenvalue weighted by Gasteiger charge is -2.30. The average Bonchev–Trinajstić information content (AvgIpc) is 3.01. The molecule has 0 aromatic heterocycles. The number of ether oxygens (including phenoxy) is 1. The van der Waals surface area contributed by atoms with E-state index in [0.717, 1.165) is 22.0 Å². The summed E-state index contributed by atoms with van der Waals surface area (Å²) in [5, 5.41) is 0. The van der Waals surface area contributed by atoms with E-state index in [1.54, 1.807) is 4.90 Å². The quantitative estimate of drug-likeness (QED) is 0.766. The van der Waals surface area contributed by atoms with Crippen LogP contribution in [0.1, 0.15) is 36.4 Å². The monoisotopic (exact) mass is 355 g/mol. The van der Waals surface area contributed by atoms with Gasteiger partial charge in [0.15, 0.2) is 0 Å². The molecule has 2 unspecified atom stereocenters. The Morgan fingerprint density at radius 3 is 2.86 bits per heavy atom. The number of carbonyl (C=O) groups is 2. The van der Waals surface area contributed by atoms with Crippen LogP contribution in [-0.4, -0.2) is 29.9 Å². The largest absolute Gasteiger partial charge is 0.467 e. The highest BCUT2D eigenvalue weighted by Crippen LogP contribution is 2.43. The number of hydrogen-bond donors (Lipinski definition) is 0. The molecule has 3 rings (SSSR count). The van der Waals surface area contributed by atoms with Crippen LogP contribution in [0, 0.1) is 5.82 Å². The number of rotatable bonds is 2. The van der Waals surface area contributed by atoms with Crippen LogP contribution in [0.5, 0.6) is 0 Å². The van der Waals surface area contributed by atoms with Gasteiger partial charge in [-0.25, -0.2) is 9.18 Å². The molecule has 4 nitrogen and oxygen atoms in total. The number of halogens is 2. The smallest absolute Gasteiger partial charge is 0.328 e. The van der Waals surface area contributed by atoms with Gasteiger partial charge in [0.25, 0.3) is 0 Å². The van der Waals surface area contributed by atoms with E-state index >= 15 is 0 Å². The van der Waals surface area contributed by atoms with Crippen LogP contribution in [0.2, 0.25) is 0 Å². The second-order valence-electron chi connectivity index (χ2n) is 5.39. The molecule has 0 bridgehead atoms. The molecule has 1 aliphatic carbocycles. The van der Waals surface area contributed by atoms with Crippen molar-refractivity contribution in [2.45, 2.75) is 37.8 Å². The van der Waals surface area contributed by atoms with E-state index in [2.05, 4.69) is 15.9 Å². The van der Waals surface area contributed by atoms with Crippen LogP contribution in [0.4, 0.5) is 4.39 Å². The minimum atomic E-state index is -0.555. The summed E-state index contributed by atoms with van der Waals surface area (Å²) in [6.45, 7) is 0. The van der Waals surface area contributed by atoms with Crippen LogP contribution >= 0.6 is 15.9 Å². The number of benzene rings is 1. The fraction of sp³-hybridized carbons (Fsp3) is 0.467. The molecule has 1 aromatic rings. The Bertz CT molecular complexity index is 619. The number of nitrogens with zero attached hydrogens (tertiary/aromatic N) is 1. The van der Waals surface area contributed by atoms with Gasteiger partial charge in [0.05, 0.1) is 13.2 Å². The van der Waals surface area contributed by atoms with Crippen LogP contribution in [0.15, 0.2) is 16.6 Å². The summed E-state index contributed by atoms with van der Waals surface area (Å²) in [5.74, 6) is -0.804. The van der Waals surface area contributed by atoms with Crippen molar-refractivity contribution in [3.05, 3.63) is 33.5 Å². The Labute approximate surface area is 130 Å². The third kappa shape index (κ3) is 2.35. The molecule has 1 fully saturated rings. The molecule has 1 amide bonds. The zero-order valence-electron chi connectivity index (χ0n) is 11.6. The standard InChI is InChI=1S/C15H15BrFNO3/c1-21-15(20)13-4-5-14(19)18(13)12-3-2-9-10(12)6-8(17)7-11(9)16/h6-7,12-13H,2-5H2,1H3. The summed E-state index contributed by atoms with van der Waals surface area (Å²) >= 11 is 3.37. The van der Waals surface area contributed by atoms with Crippen LogP contribution in [0.3, 0.4) is 0 Å². The molecule has 1 aliphatic heterocycles. The lowest BCUT2D eigenvalue weighted by Crippen LogP contribution is -2.41. The van der Waals surface area contributed by atoms with Crippen molar-refractivity contribution in [2.75, 3.05) is 7.11 Å². The molecule has 1 heterocycles. The molecule has 6 heteroatoms. The van der Waals surface area contributed by atoms with Crippen molar-refractivity contribution in [3.8, 4) is 0 Å². The minimum Gasteiger partial charge on any atom is -0.467 e. The first-order valence-electron chi connectivity index (χ1n) is 6.89. The van der Waals surface area contributed by atoms with Crippen molar-refractivity contribution in [3.63, 3.8) is 0 Å². The predicted octanol–water partition coefficient (Wildman–Crippen LogP) is 2.74. The normalized spacial score (nSPS) is 24.3. The molecule has 2 atom stereocenters. The van der Waals surface area contributed by atoms with Crippen LogP contribution in [0.25, 0.3) is 0 Å². The second-order valence-corrected chi connectivity index (χ2v) is 6.24. The van der Waals surface area contributed by atoms with Gasteiger partial charge >= 0.3 is 5.97 Å². The van der Waals surface area contributed by atoms with Crippen molar-refractivity contribution in [1.29, 1.82) is 0 Å². The Hall–Kier alpha value is -1.43. The maximum Gasteiger partial charge on any atom is 0.328 e. The number of fused-ring (bicyclic) bond motifs is 1. The van der Waals surface area contributed by atoms with Crippen molar-refractivity contribution >= 4 is 27.8 Å². The topological polar surface area (TPSA) is 46.6 Å². The molecule has 21 heavy (non-hydrogen) atoms. The fourth-order valence-corrected chi connectivity index (χ4v) is 4.02. The maximum absolute atomic E-state index is 13.7. The number of methoxy groups -OCH3 is 1. The van der Waals surface area contributed by atoms with Gasteiger partial charge in [0.2, 0.25) is 5.91 Å². The highest BCUT2D eigenvalue weighted by atomic mass is 79.9. The van der Waals surface area contributed by atoms with Gasteiger partial charge in [0, 0.05) is 10.9 Å². The lowest BCUT2D eigenvalue weighted by atomic mass is 10.1. The third-order valence-corrected chi connectivity index (χ3v) is 4.99. The first kappa shape index (κ1) is 14.5. The SMILES string of the molecule is COC(=O)C1CCC(=O)N1C1CCc2c(Br)cc(F)cc21. The van der Waals surface area contributed by atoms with E-state index in [1.807, 2.05) is 0 Å². The summed E-state index contributed by atoms with van der Waals surface area (Å²) in [7, 11) is 1.32. The Balaban J connectivity index is 1.99. The zero-order chi connectivity index (χ0) is 15.1. The number of likely N-dealkylation sites (tertiary alicyclic amines) is 1. The second kappa shape index (κ2) is 5.40. The molecular weight excluding hydrogens is 341 g/mol. The minimum absolute atomic E-state index is 0.0661. The third-order valence-electron chi connectivity index (χ3n) is 4.29. The summed E-state index contributed by atoms with van der Waals surface area (Å²) in [6.07, 6.45) is 2.27. The summed E-state index contributed by atoms with van der Waals surface area (Å²) in [4.78, 5) is 25.6. The van der Waals surface area contributed by atoms with Gasteiger partial charge in [-0.15, -0.1) is 0 Å². The van der Waals surface area contributed by atoms with Crippen LogP contribution < -0.4 is 0 Å². The van der Waals surface area contributed by atoms with E-state index in [4.69, 9.17) is 4.74 Å². The van der Waals surface area contributed by atoms with Gasteiger partial charge in [-0.05, 0) is 42.5 Å². The van der Waals surface area contributed by atoms with E-state index in [9.17, 15) is 14.0 Å². The van der Waals surface area contributed by atoms with E-state index < -0.39 is 12.0 Å². The van der Waals surface area contributed by atoms with Crippen LogP contribution in [-0.2, 0) is 20.7 Å². The molecule has 0 radical (unpaired) electrons. The van der Waals surface area contributed by atoms with Gasteiger partial charge < -0.3 is 9.64 Å². The highest BCUT2D eigenvalue weighted by Gasteiger charge is 2.43. The Morgan fingerprint density at radius 2 is 2.14 bits per heavy atom. The number of amides is 1. The van der Waals surface area contributed by atoms with Crippen molar-refractivity contribution in [2.24, 2.45) is 0 Å². The first-order chi connectivity index (χ1) is 10.0. The molecule has 1 aromatic carbocycles. The molecule has 2 aliphatic rings. The Kier molecular flexibility index (Phi) is 3.73. The Morgan fingerprint density at radius 1 is 1.38 bits per heavy atom. The molecule has 0 saturated carbocycles. The number of esters is 1. The first-order valence-corrected chi connectivity index (χ1v) is 7.69. The summed E-state index contributed by atoms with van der Waals surface area (Å²) in [6, 6.07) is 2.11. The van der Waals surface area contributed by atoms with E-state index in [0.29, 0.717) is 19.3 Å². The number of hydrogen-bond acceptors (Lipinski definition) is 3. The van der Waals surface area contributed by atoms with Crippen molar-refractivity contribution < 1.29 is 18.7 Å². The molecule has 1 saturated heterocycles. The fourth-order valence-electron chi connectivity index (χ4n) is 3.37. The maximum atomic E-state index is 13.7. The molecule has 112 valence electrons.